The van der Waals surface area contributed by atoms with E-state index in [9.17, 15) is 8.42 Å². The lowest BCUT2D eigenvalue weighted by Crippen LogP contribution is -2.29. The Morgan fingerprint density at radius 1 is 1.33 bits per heavy atom. The Morgan fingerprint density at radius 2 is 2.06 bits per heavy atom. The molecule has 1 aliphatic rings. The van der Waals surface area contributed by atoms with E-state index in [0.717, 1.165) is 24.8 Å². The molecule has 100 valence electrons. The predicted molar refractivity (Wildman–Crippen MR) is 73.3 cm³/mol. The van der Waals surface area contributed by atoms with Crippen molar-refractivity contribution >= 4 is 21.6 Å². The number of aryl methyl sites for hydroxylation is 1. The van der Waals surface area contributed by atoms with Gasteiger partial charge in [0.15, 0.2) is 0 Å². The Hall–Kier alpha value is -0.580. The highest BCUT2D eigenvalue weighted by atomic mass is 35.5. The van der Waals surface area contributed by atoms with Crippen molar-refractivity contribution in [2.45, 2.75) is 36.5 Å². The molecule has 5 heteroatoms. The van der Waals surface area contributed by atoms with Crippen LogP contribution in [0.3, 0.4) is 0 Å². The highest BCUT2D eigenvalue weighted by Crippen LogP contribution is 2.29. The Balaban J connectivity index is 2.02. The molecule has 0 aromatic heterocycles. The van der Waals surface area contributed by atoms with Gasteiger partial charge in [-0.3, -0.25) is 0 Å². The van der Waals surface area contributed by atoms with Gasteiger partial charge in [0.25, 0.3) is 0 Å². The fourth-order valence-electron chi connectivity index (χ4n) is 2.36. The number of nitrogens with one attached hydrogen (secondary N) is 1. The van der Waals surface area contributed by atoms with Crippen LogP contribution in [0.4, 0.5) is 0 Å². The van der Waals surface area contributed by atoms with E-state index in [1.165, 1.54) is 0 Å². The Labute approximate surface area is 114 Å². The molecule has 1 aromatic carbocycles. The molecule has 2 atom stereocenters. The van der Waals surface area contributed by atoms with Gasteiger partial charge in [-0.25, -0.2) is 13.1 Å². The summed E-state index contributed by atoms with van der Waals surface area (Å²) in [5, 5.41) is 0.206. The van der Waals surface area contributed by atoms with E-state index in [4.69, 9.17) is 11.6 Å². The summed E-state index contributed by atoms with van der Waals surface area (Å²) in [5.74, 6) is 0.367. The lowest BCUT2D eigenvalue weighted by atomic mass is 10.1. The first-order chi connectivity index (χ1) is 8.49. The van der Waals surface area contributed by atoms with Gasteiger partial charge >= 0.3 is 0 Å². The number of hydrogen-bond donors (Lipinski definition) is 1. The summed E-state index contributed by atoms with van der Waals surface area (Å²) in [6, 6.07) is 7.02. The number of halogens is 1. The zero-order valence-electron chi connectivity index (χ0n) is 10.4. The molecule has 1 N–H and O–H groups in total. The molecule has 1 saturated carbocycles. The van der Waals surface area contributed by atoms with Crippen molar-refractivity contribution in [2.75, 3.05) is 6.54 Å². The maximum Gasteiger partial charge on any atom is 0.240 e. The Kier molecular flexibility index (Phi) is 4.30. The molecule has 0 amide bonds. The van der Waals surface area contributed by atoms with Crippen molar-refractivity contribution in [3.8, 4) is 0 Å². The van der Waals surface area contributed by atoms with Gasteiger partial charge in [0.05, 0.1) is 4.90 Å². The van der Waals surface area contributed by atoms with E-state index in [0.29, 0.717) is 17.4 Å². The first-order valence-corrected chi connectivity index (χ1v) is 8.10. The molecule has 0 spiro atoms. The third kappa shape index (κ3) is 3.25. The van der Waals surface area contributed by atoms with Crippen LogP contribution in [0.2, 0.25) is 0 Å². The molecule has 0 radical (unpaired) electrons. The molecule has 1 fully saturated rings. The maximum absolute atomic E-state index is 12.1. The van der Waals surface area contributed by atoms with Crippen molar-refractivity contribution in [1.29, 1.82) is 0 Å². The molecular weight excluding hydrogens is 270 g/mol. The van der Waals surface area contributed by atoms with Crippen LogP contribution in [0.1, 0.15) is 24.8 Å². The van der Waals surface area contributed by atoms with Gasteiger partial charge < -0.3 is 0 Å². The largest absolute Gasteiger partial charge is 0.240 e. The van der Waals surface area contributed by atoms with Gasteiger partial charge in [-0.05, 0) is 43.7 Å². The number of benzene rings is 1. The standard InChI is InChI=1S/C13H18ClNO2S/c1-10-4-2-3-5-13(10)18(16,17)15-9-11-6-7-12(14)8-11/h2-5,11-12,15H,6-9H2,1H3. The van der Waals surface area contributed by atoms with Crippen LogP contribution in [0.5, 0.6) is 0 Å². The van der Waals surface area contributed by atoms with E-state index in [-0.39, 0.29) is 5.38 Å². The molecule has 0 saturated heterocycles. The number of hydrogen-bond acceptors (Lipinski definition) is 2. The van der Waals surface area contributed by atoms with Crippen LogP contribution in [0.25, 0.3) is 0 Å². The van der Waals surface area contributed by atoms with E-state index in [2.05, 4.69) is 4.72 Å². The highest BCUT2D eigenvalue weighted by Gasteiger charge is 2.25. The fraction of sp³-hybridized carbons (Fsp3) is 0.538. The average molecular weight is 288 g/mol. The van der Waals surface area contributed by atoms with Crippen molar-refractivity contribution in [3.05, 3.63) is 29.8 Å². The van der Waals surface area contributed by atoms with E-state index < -0.39 is 10.0 Å². The SMILES string of the molecule is Cc1ccccc1S(=O)(=O)NCC1CCC(Cl)C1. The molecule has 18 heavy (non-hydrogen) atoms. The highest BCUT2D eigenvalue weighted by molar-refractivity contribution is 7.89. The first-order valence-electron chi connectivity index (χ1n) is 6.18. The molecule has 0 heterocycles. The smallest absolute Gasteiger partial charge is 0.211 e. The minimum atomic E-state index is -3.39. The van der Waals surface area contributed by atoms with Crippen molar-refractivity contribution in [1.82, 2.24) is 4.72 Å². The average Bonchev–Trinajstić information content (AvgIpc) is 2.73. The number of sulfonamides is 1. The Morgan fingerprint density at radius 3 is 2.67 bits per heavy atom. The minimum Gasteiger partial charge on any atom is -0.211 e. The van der Waals surface area contributed by atoms with E-state index in [1.807, 2.05) is 6.07 Å². The second-order valence-electron chi connectivity index (χ2n) is 4.89. The van der Waals surface area contributed by atoms with E-state index in [1.54, 1.807) is 25.1 Å². The molecule has 3 nitrogen and oxygen atoms in total. The summed E-state index contributed by atoms with van der Waals surface area (Å²) in [6.07, 6.45) is 2.89. The second kappa shape index (κ2) is 5.59. The molecule has 0 aliphatic heterocycles. The van der Waals surface area contributed by atoms with Gasteiger partial charge in [0.2, 0.25) is 10.0 Å². The summed E-state index contributed by atoms with van der Waals surface area (Å²) in [4.78, 5) is 0.366. The van der Waals surface area contributed by atoms with Crippen LogP contribution in [0.15, 0.2) is 29.2 Å². The summed E-state index contributed by atoms with van der Waals surface area (Å²) >= 11 is 6.02. The summed E-state index contributed by atoms with van der Waals surface area (Å²) in [5.41, 5.74) is 0.770. The van der Waals surface area contributed by atoms with Crippen molar-refractivity contribution in [3.63, 3.8) is 0 Å². The third-order valence-corrected chi connectivity index (χ3v) is 5.40. The van der Waals surface area contributed by atoms with Crippen LogP contribution < -0.4 is 4.72 Å². The van der Waals surface area contributed by atoms with Crippen LogP contribution in [-0.4, -0.2) is 20.3 Å². The molecule has 2 rings (SSSR count). The maximum atomic E-state index is 12.1. The third-order valence-electron chi connectivity index (χ3n) is 3.42. The van der Waals surface area contributed by atoms with Crippen molar-refractivity contribution < 1.29 is 8.42 Å². The molecule has 0 bridgehead atoms. The first kappa shape index (κ1) is 13.8. The summed E-state index contributed by atoms with van der Waals surface area (Å²) in [6.45, 7) is 2.29. The van der Waals surface area contributed by atoms with Gasteiger partial charge in [-0.15, -0.1) is 11.6 Å². The van der Waals surface area contributed by atoms with Crippen LogP contribution >= 0.6 is 11.6 Å². The Bertz CT molecular complexity index is 515. The topological polar surface area (TPSA) is 46.2 Å². The monoisotopic (exact) mass is 287 g/mol. The van der Waals surface area contributed by atoms with Gasteiger partial charge in [-0.1, -0.05) is 18.2 Å². The quantitative estimate of drug-likeness (QED) is 0.866. The fourth-order valence-corrected chi connectivity index (χ4v) is 4.10. The van der Waals surface area contributed by atoms with Gasteiger partial charge in [0, 0.05) is 11.9 Å². The lowest BCUT2D eigenvalue weighted by molar-refractivity contribution is 0.520. The molecule has 1 aromatic rings. The zero-order chi connectivity index (χ0) is 13.2. The van der Waals surface area contributed by atoms with E-state index >= 15 is 0 Å². The summed E-state index contributed by atoms with van der Waals surface area (Å²) < 4.78 is 27.0. The summed E-state index contributed by atoms with van der Waals surface area (Å²) in [7, 11) is -3.39. The predicted octanol–water partition coefficient (Wildman–Crippen LogP) is 2.68. The molecular formula is C13H18ClNO2S. The van der Waals surface area contributed by atoms with Crippen molar-refractivity contribution in [2.24, 2.45) is 5.92 Å². The number of alkyl halides is 1. The number of rotatable bonds is 4. The van der Waals surface area contributed by atoms with Crippen LogP contribution in [0, 0.1) is 12.8 Å². The zero-order valence-corrected chi connectivity index (χ0v) is 12.0. The molecule has 2 unspecified atom stereocenters. The normalized spacial score (nSPS) is 24.3. The minimum absolute atomic E-state index is 0.206. The van der Waals surface area contributed by atoms with Gasteiger partial charge in [0.1, 0.15) is 0 Å². The molecule has 1 aliphatic carbocycles. The lowest BCUT2D eigenvalue weighted by Gasteiger charge is -2.12. The van der Waals surface area contributed by atoms with Crippen LogP contribution in [-0.2, 0) is 10.0 Å². The van der Waals surface area contributed by atoms with Gasteiger partial charge in [-0.2, -0.15) is 0 Å². The second-order valence-corrected chi connectivity index (χ2v) is 7.25.